The molecule has 0 spiro atoms. The lowest BCUT2D eigenvalue weighted by Crippen LogP contribution is -2.26. The van der Waals surface area contributed by atoms with Crippen molar-refractivity contribution in [1.82, 2.24) is 20.2 Å². The van der Waals surface area contributed by atoms with E-state index in [2.05, 4.69) is 20.8 Å². The molecule has 1 fully saturated rings. The van der Waals surface area contributed by atoms with E-state index < -0.39 is 0 Å². The van der Waals surface area contributed by atoms with Crippen molar-refractivity contribution in [2.75, 3.05) is 23.4 Å². The molecule has 1 aliphatic rings. The zero-order valence-corrected chi connectivity index (χ0v) is 15.0. The minimum atomic E-state index is -0.302. The second-order valence-electron chi connectivity index (χ2n) is 6.25. The molecule has 1 saturated heterocycles. The summed E-state index contributed by atoms with van der Waals surface area (Å²) in [7, 11) is 0. The Morgan fingerprint density at radius 3 is 2.68 bits per heavy atom. The zero-order valence-electron chi connectivity index (χ0n) is 15.0. The highest BCUT2D eigenvalue weighted by Gasteiger charge is 2.24. The number of hydrogen-bond acceptors (Lipinski definition) is 6. The van der Waals surface area contributed by atoms with Crippen LogP contribution >= 0.6 is 0 Å². The Kier molecular flexibility index (Phi) is 4.96. The number of ether oxygens (including phenoxy) is 1. The number of tetrazole rings is 1. The second kappa shape index (κ2) is 7.87. The zero-order chi connectivity index (χ0) is 19.3. The van der Waals surface area contributed by atoms with Crippen LogP contribution in [0.25, 0.3) is 5.69 Å². The first-order valence-corrected chi connectivity index (χ1v) is 8.86. The van der Waals surface area contributed by atoms with Gasteiger partial charge in [0.15, 0.2) is 6.61 Å². The summed E-state index contributed by atoms with van der Waals surface area (Å²) in [5.41, 5.74) is 2.09. The van der Waals surface area contributed by atoms with E-state index in [1.165, 1.54) is 11.0 Å². The van der Waals surface area contributed by atoms with Crippen molar-refractivity contribution < 1.29 is 14.3 Å². The SMILES string of the molecule is O=C(COc1ccc(-n2cnnn2)cc1)Nc1ccccc1N1CCCC1=O. The van der Waals surface area contributed by atoms with Crippen LogP contribution in [0, 0.1) is 0 Å². The summed E-state index contributed by atoms with van der Waals surface area (Å²) in [5.74, 6) is 0.319. The van der Waals surface area contributed by atoms with E-state index in [0.29, 0.717) is 30.1 Å². The molecule has 28 heavy (non-hydrogen) atoms. The highest BCUT2D eigenvalue weighted by molar-refractivity contribution is 6.02. The maximum Gasteiger partial charge on any atom is 0.262 e. The Balaban J connectivity index is 1.37. The number of anilines is 2. The van der Waals surface area contributed by atoms with E-state index in [1.807, 2.05) is 18.2 Å². The number of nitrogens with one attached hydrogen (secondary N) is 1. The van der Waals surface area contributed by atoms with Crippen molar-refractivity contribution in [1.29, 1.82) is 0 Å². The van der Waals surface area contributed by atoms with E-state index in [4.69, 9.17) is 4.74 Å². The van der Waals surface area contributed by atoms with Crippen molar-refractivity contribution >= 4 is 23.2 Å². The van der Waals surface area contributed by atoms with Crippen molar-refractivity contribution in [2.24, 2.45) is 0 Å². The number of rotatable bonds is 6. The second-order valence-corrected chi connectivity index (χ2v) is 6.25. The van der Waals surface area contributed by atoms with Crippen LogP contribution in [0.2, 0.25) is 0 Å². The van der Waals surface area contributed by atoms with Gasteiger partial charge in [0.25, 0.3) is 5.91 Å². The van der Waals surface area contributed by atoms with Crippen LogP contribution in [0.5, 0.6) is 5.75 Å². The molecule has 0 bridgehead atoms. The maximum atomic E-state index is 12.3. The van der Waals surface area contributed by atoms with Crippen LogP contribution in [0.1, 0.15) is 12.8 Å². The quantitative estimate of drug-likeness (QED) is 0.702. The molecule has 142 valence electrons. The number of hydrogen-bond donors (Lipinski definition) is 1. The first kappa shape index (κ1) is 17.7. The van der Waals surface area contributed by atoms with E-state index in [0.717, 1.165) is 12.1 Å². The Bertz CT molecular complexity index is 972. The van der Waals surface area contributed by atoms with Gasteiger partial charge < -0.3 is 15.0 Å². The summed E-state index contributed by atoms with van der Waals surface area (Å²) in [5, 5.41) is 13.8. The van der Waals surface area contributed by atoms with Crippen LogP contribution in [0.15, 0.2) is 54.9 Å². The highest BCUT2D eigenvalue weighted by Crippen LogP contribution is 2.29. The molecule has 0 saturated carbocycles. The number of nitrogens with zero attached hydrogens (tertiary/aromatic N) is 5. The van der Waals surface area contributed by atoms with Crippen LogP contribution in [0.4, 0.5) is 11.4 Å². The van der Waals surface area contributed by atoms with Crippen molar-refractivity contribution in [3.63, 3.8) is 0 Å². The fraction of sp³-hybridized carbons (Fsp3) is 0.211. The van der Waals surface area contributed by atoms with Gasteiger partial charge in [0.05, 0.1) is 17.1 Å². The van der Waals surface area contributed by atoms with E-state index in [9.17, 15) is 9.59 Å². The topological polar surface area (TPSA) is 102 Å². The number of para-hydroxylation sites is 2. The van der Waals surface area contributed by atoms with Crippen LogP contribution in [0.3, 0.4) is 0 Å². The Hall–Kier alpha value is -3.75. The van der Waals surface area contributed by atoms with Gasteiger partial charge in [-0.3, -0.25) is 9.59 Å². The summed E-state index contributed by atoms with van der Waals surface area (Å²) < 4.78 is 7.07. The molecular formula is C19H18N6O3. The molecule has 0 aliphatic carbocycles. The van der Waals surface area contributed by atoms with E-state index in [1.54, 1.807) is 35.2 Å². The lowest BCUT2D eigenvalue weighted by Gasteiger charge is -2.20. The molecule has 2 amide bonds. The monoisotopic (exact) mass is 378 g/mol. The van der Waals surface area contributed by atoms with Gasteiger partial charge in [0.1, 0.15) is 12.1 Å². The molecule has 0 atom stereocenters. The van der Waals surface area contributed by atoms with Gasteiger partial charge in [-0.2, -0.15) is 0 Å². The van der Waals surface area contributed by atoms with Gasteiger partial charge in [-0.15, -0.1) is 5.10 Å². The van der Waals surface area contributed by atoms with Gasteiger partial charge in [0.2, 0.25) is 5.91 Å². The molecule has 0 unspecified atom stereocenters. The largest absolute Gasteiger partial charge is 0.484 e. The van der Waals surface area contributed by atoms with Gasteiger partial charge in [-0.25, -0.2) is 4.68 Å². The number of carbonyl (C=O) groups is 2. The number of benzene rings is 2. The summed E-state index contributed by atoms with van der Waals surface area (Å²) in [6, 6.07) is 14.3. The first-order valence-electron chi connectivity index (χ1n) is 8.86. The maximum absolute atomic E-state index is 12.3. The van der Waals surface area contributed by atoms with Crippen LogP contribution < -0.4 is 15.0 Å². The van der Waals surface area contributed by atoms with Crippen LogP contribution in [-0.4, -0.2) is 45.2 Å². The summed E-state index contributed by atoms with van der Waals surface area (Å²) in [4.78, 5) is 26.0. The minimum Gasteiger partial charge on any atom is -0.484 e. The van der Waals surface area contributed by atoms with Crippen LogP contribution in [-0.2, 0) is 9.59 Å². The predicted octanol–water partition coefficient (Wildman–Crippen LogP) is 1.81. The molecular weight excluding hydrogens is 360 g/mol. The van der Waals surface area contributed by atoms with E-state index in [-0.39, 0.29) is 18.4 Å². The minimum absolute atomic E-state index is 0.0700. The molecule has 1 N–H and O–H groups in total. The summed E-state index contributed by atoms with van der Waals surface area (Å²) in [6.45, 7) is 0.516. The average Bonchev–Trinajstić information content (AvgIpc) is 3.39. The van der Waals surface area contributed by atoms with Gasteiger partial charge in [0, 0.05) is 13.0 Å². The van der Waals surface area contributed by atoms with Crippen molar-refractivity contribution in [3.05, 3.63) is 54.9 Å². The number of amides is 2. The van der Waals surface area contributed by atoms with Crippen molar-refractivity contribution in [3.8, 4) is 11.4 Å². The number of aromatic nitrogens is 4. The third-order valence-electron chi connectivity index (χ3n) is 4.36. The number of carbonyl (C=O) groups excluding carboxylic acids is 2. The van der Waals surface area contributed by atoms with Gasteiger partial charge >= 0.3 is 0 Å². The smallest absolute Gasteiger partial charge is 0.262 e. The fourth-order valence-electron chi connectivity index (χ4n) is 3.03. The fourth-order valence-corrected chi connectivity index (χ4v) is 3.03. The molecule has 1 aromatic heterocycles. The lowest BCUT2D eigenvalue weighted by atomic mass is 10.2. The molecule has 9 heteroatoms. The highest BCUT2D eigenvalue weighted by atomic mass is 16.5. The molecule has 9 nitrogen and oxygen atoms in total. The standard InChI is InChI=1S/C19H18N6O3/c26-18(12-28-15-9-7-14(8-10-15)25-13-20-22-23-25)21-16-4-1-2-5-17(16)24-11-3-6-19(24)27/h1-2,4-5,7-10,13H,3,6,11-12H2,(H,21,26). The molecule has 3 aromatic rings. The third kappa shape index (κ3) is 3.83. The Labute approximate surface area is 160 Å². The van der Waals surface area contributed by atoms with Gasteiger partial charge in [-0.05, 0) is 53.2 Å². The van der Waals surface area contributed by atoms with E-state index >= 15 is 0 Å². The third-order valence-corrected chi connectivity index (χ3v) is 4.36. The summed E-state index contributed by atoms with van der Waals surface area (Å²) >= 11 is 0. The Morgan fingerprint density at radius 1 is 1.14 bits per heavy atom. The van der Waals surface area contributed by atoms with Gasteiger partial charge in [-0.1, -0.05) is 12.1 Å². The molecule has 4 rings (SSSR count). The summed E-state index contributed by atoms with van der Waals surface area (Å²) in [6.07, 6.45) is 2.85. The molecule has 1 aliphatic heterocycles. The van der Waals surface area contributed by atoms with Crippen molar-refractivity contribution in [2.45, 2.75) is 12.8 Å². The Morgan fingerprint density at radius 2 is 1.96 bits per heavy atom. The average molecular weight is 378 g/mol. The first-order chi connectivity index (χ1) is 13.7. The normalized spacial score (nSPS) is 13.6. The lowest BCUT2D eigenvalue weighted by molar-refractivity contribution is -0.118. The molecule has 2 aromatic carbocycles. The molecule has 0 radical (unpaired) electrons. The predicted molar refractivity (Wildman–Crippen MR) is 101 cm³/mol. The molecule has 2 heterocycles.